The summed E-state index contributed by atoms with van der Waals surface area (Å²) >= 11 is 0. The molecule has 1 aromatic heterocycles. The summed E-state index contributed by atoms with van der Waals surface area (Å²) in [5.41, 5.74) is 2.02. The average molecular weight is 177 g/mol. The van der Waals surface area contributed by atoms with E-state index in [0.29, 0.717) is 6.04 Å². The number of fused-ring (bicyclic) bond motifs is 3. The second-order valence-corrected chi connectivity index (χ2v) is 3.84. The molecule has 3 heteroatoms. The van der Waals surface area contributed by atoms with Crippen LogP contribution in [0.2, 0.25) is 0 Å². The summed E-state index contributed by atoms with van der Waals surface area (Å²) in [6, 6.07) is 4.51. The molecule has 0 N–H and O–H groups in total. The molecule has 1 aromatic rings. The number of hydrogen-bond acceptors (Lipinski definition) is 2. The molecule has 1 fully saturated rings. The van der Waals surface area contributed by atoms with Gasteiger partial charge in [0, 0.05) is 11.7 Å². The first kappa shape index (κ1) is 7.18. The molecule has 3 nitrogen and oxygen atoms in total. The van der Waals surface area contributed by atoms with Crippen LogP contribution >= 0.6 is 0 Å². The Morgan fingerprint density at radius 2 is 2.46 bits per heavy atom. The van der Waals surface area contributed by atoms with Crippen molar-refractivity contribution >= 4 is 5.97 Å². The second-order valence-electron chi connectivity index (χ2n) is 3.84. The smallest absolute Gasteiger partial charge is 0.354 e. The number of rotatable bonds is 1. The van der Waals surface area contributed by atoms with Gasteiger partial charge in [-0.25, -0.2) is 4.79 Å². The highest BCUT2D eigenvalue weighted by Gasteiger charge is 2.46. The maximum Gasteiger partial charge on any atom is 0.354 e. The van der Waals surface area contributed by atoms with Crippen LogP contribution in [0.4, 0.5) is 0 Å². The number of ether oxygens (including phenoxy) is 1. The number of carbonyl (C=O) groups is 1. The van der Waals surface area contributed by atoms with Gasteiger partial charge < -0.3 is 9.30 Å². The first-order valence-electron chi connectivity index (χ1n) is 4.59. The van der Waals surface area contributed by atoms with E-state index >= 15 is 0 Å². The lowest BCUT2D eigenvalue weighted by molar-refractivity contribution is 0.0588. The highest BCUT2D eigenvalue weighted by atomic mass is 16.5. The van der Waals surface area contributed by atoms with Crippen LogP contribution in [0.3, 0.4) is 0 Å². The molecule has 1 aliphatic heterocycles. The van der Waals surface area contributed by atoms with Crippen molar-refractivity contribution in [3.63, 3.8) is 0 Å². The average Bonchev–Trinajstić information content (AvgIpc) is 2.61. The Bertz CT molecular complexity index is 380. The van der Waals surface area contributed by atoms with Gasteiger partial charge in [0.2, 0.25) is 0 Å². The fourth-order valence-corrected chi connectivity index (χ4v) is 2.36. The summed E-state index contributed by atoms with van der Waals surface area (Å²) in [6.07, 6.45) is 2.38. The van der Waals surface area contributed by atoms with Crippen molar-refractivity contribution in [2.24, 2.45) is 5.92 Å². The SMILES string of the molecule is COC(=O)c1ccc2n1C1CC1C2. The first-order chi connectivity index (χ1) is 6.31. The lowest BCUT2D eigenvalue weighted by Crippen LogP contribution is -2.09. The molecule has 13 heavy (non-hydrogen) atoms. The van der Waals surface area contributed by atoms with Gasteiger partial charge in [0.05, 0.1) is 7.11 Å². The van der Waals surface area contributed by atoms with Crippen molar-refractivity contribution < 1.29 is 9.53 Å². The van der Waals surface area contributed by atoms with Gasteiger partial charge in [0.1, 0.15) is 5.69 Å². The standard InChI is InChI=1S/C10H11NO2/c1-13-10(12)8-3-2-7-4-6-5-9(6)11(7)8/h2-3,6,9H,4-5H2,1H3. The highest BCUT2D eigenvalue weighted by Crippen LogP contribution is 2.52. The Balaban J connectivity index is 2.07. The van der Waals surface area contributed by atoms with E-state index in [9.17, 15) is 4.79 Å². The third-order valence-corrected chi connectivity index (χ3v) is 3.09. The second kappa shape index (κ2) is 2.16. The van der Waals surface area contributed by atoms with E-state index in [1.165, 1.54) is 19.2 Å². The molecule has 2 atom stereocenters. The summed E-state index contributed by atoms with van der Waals surface area (Å²) in [7, 11) is 1.43. The molecule has 3 rings (SSSR count). The number of aromatic nitrogens is 1. The molecule has 0 amide bonds. The van der Waals surface area contributed by atoms with Crippen LogP contribution in [-0.4, -0.2) is 17.6 Å². The third-order valence-electron chi connectivity index (χ3n) is 3.09. The summed E-state index contributed by atoms with van der Waals surface area (Å²) in [5, 5.41) is 0. The van der Waals surface area contributed by atoms with E-state index in [0.717, 1.165) is 18.0 Å². The molecule has 1 aliphatic carbocycles. The van der Waals surface area contributed by atoms with Crippen LogP contribution in [-0.2, 0) is 11.2 Å². The van der Waals surface area contributed by atoms with Crippen LogP contribution in [0.25, 0.3) is 0 Å². The van der Waals surface area contributed by atoms with Crippen molar-refractivity contribution in [3.8, 4) is 0 Å². The topological polar surface area (TPSA) is 31.2 Å². The Labute approximate surface area is 76.3 Å². The lowest BCUT2D eigenvalue weighted by atomic mass is 10.2. The zero-order chi connectivity index (χ0) is 9.00. The van der Waals surface area contributed by atoms with Gasteiger partial charge in [-0.15, -0.1) is 0 Å². The minimum Gasteiger partial charge on any atom is -0.464 e. The molecular formula is C10H11NO2. The molecule has 0 bridgehead atoms. The van der Waals surface area contributed by atoms with Gasteiger partial charge >= 0.3 is 5.97 Å². The summed E-state index contributed by atoms with van der Waals surface area (Å²) in [5.74, 6) is 0.596. The van der Waals surface area contributed by atoms with Crippen LogP contribution in [0.5, 0.6) is 0 Å². The monoisotopic (exact) mass is 177 g/mol. The summed E-state index contributed by atoms with van der Waals surface area (Å²) < 4.78 is 6.88. The number of carbonyl (C=O) groups excluding carboxylic acids is 1. The summed E-state index contributed by atoms with van der Waals surface area (Å²) in [6.45, 7) is 0. The van der Waals surface area contributed by atoms with Crippen LogP contribution in [0.15, 0.2) is 12.1 Å². The molecule has 1 saturated carbocycles. The van der Waals surface area contributed by atoms with Crippen molar-refractivity contribution in [2.45, 2.75) is 18.9 Å². The van der Waals surface area contributed by atoms with E-state index < -0.39 is 0 Å². The molecule has 0 saturated heterocycles. The van der Waals surface area contributed by atoms with E-state index in [4.69, 9.17) is 4.74 Å². The Morgan fingerprint density at radius 3 is 3.23 bits per heavy atom. The number of hydrogen-bond donors (Lipinski definition) is 0. The van der Waals surface area contributed by atoms with Gasteiger partial charge in [-0.3, -0.25) is 0 Å². The minimum absolute atomic E-state index is 0.209. The Morgan fingerprint density at radius 1 is 1.62 bits per heavy atom. The van der Waals surface area contributed by atoms with Crippen LogP contribution in [0.1, 0.15) is 28.6 Å². The minimum atomic E-state index is -0.209. The Hall–Kier alpha value is -1.25. The number of nitrogens with zero attached hydrogens (tertiary/aromatic N) is 1. The fraction of sp³-hybridized carbons (Fsp3) is 0.500. The van der Waals surface area contributed by atoms with E-state index in [2.05, 4.69) is 4.57 Å². The van der Waals surface area contributed by atoms with E-state index in [1.807, 2.05) is 12.1 Å². The third kappa shape index (κ3) is 0.816. The van der Waals surface area contributed by atoms with Crippen molar-refractivity contribution in [1.82, 2.24) is 4.57 Å². The van der Waals surface area contributed by atoms with Crippen LogP contribution in [0, 0.1) is 5.92 Å². The summed E-state index contributed by atoms with van der Waals surface area (Å²) in [4.78, 5) is 11.4. The first-order valence-corrected chi connectivity index (χ1v) is 4.59. The molecule has 2 heterocycles. The highest BCUT2D eigenvalue weighted by molar-refractivity contribution is 5.88. The fourth-order valence-electron chi connectivity index (χ4n) is 2.36. The predicted molar refractivity (Wildman–Crippen MR) is 46.6 cm³/mol. The quantitative estimate of drug-likeness (QED) is 0.607. The molecule has 0 spiro atoms. The maximum atomic E-state index is 11.4. The van der Waals surface area contributed by atoms with Crippen molar-refractivity contribution in [3.05, 3.63) is 23.5 Å². The molecule has 0 radical (unpaired) electrons. The number of methoxy groups -OCH3 is 1. The molecular weight excluding hydrogens is 166 g/mol. The van der Waals surface area contributed by atoms with Crippen molar-refractivity contribution in [2.75, 3.05) is 7.11 Å². The van der Waals surface area contributed by atoms with Gasteiger partial charge in [-0.1, -0.05) is 0 Å². The Kier molecular flexibility index (Phi) is 1.19. The predicted octanol–water partition coefficient (Wildman–Crippen LogP) is 1.39. The van der Waals surface area contributed by atoms with Gasteiger partial charge in [0.15, 0.2) is 0 Å². The zero-order valence-electron chi connectivity index (χ0n) is 7.49. The van der Waals surface area contributed by atoms with Gasteiger partial charge in [-0.2, -0.15) is 0 Å². The normalized spacial score (nSPS) is 28.1. The van der Waals surface area contributed by atoms with E-state index in [1.54, 1.807) is 0 Å². The lowest BCUT2D eigenvalue weighted by Gasteiger charge is -2.05. The molecule has 2 unspecified atom stereocenters. The molecule has 2 aliphatic rings. The number of esters is 1. The molecule has 68 valence electrons. The van der Waals surface area contributed by atoms with Crippen LogP contribution < -0.4 is 0 Å². The molecule has 0 aromatic carbocycles. The zero-order valence-corrected chi connectivity index (χ0v) is 7.49. The van der Waals surface area contributed by atoms with Gasteiger partial charge in [-0.05, 0) is 30.9 Å². The maximum absolute atomic E-state index is 11.4. The largest absolute Gasteiger partial charge is 0.464 e. The van der Waals surface area contributed by atoms with Crippen molar-refractivity contribution in [1.29, 1.82) is 0 Å². The van der Waals surface area contributed by atoms with Gasteiger partial charge in [0.25, 0.3) is 0 Å². The van der Waals surface area contributed by atoms with E-state index in [-0.39, 0.29) is 5.97 Å².